The molecule has 0 atom stereocenters. The van der Waals surface area contributed by atoms with Gasteiger partial charge < -0.3 is 10.5 Å². The lowest BCUT2D eigenvalue weighted by Gasteiger charge is -2.08. The Morgan fingerprint density at radius 2 is 1.96 bits per heavy atom. The highest BCUT2D eigenvalue weighted by atomic mass is 16.6. The molecule has 2 N–H and O–H groups in total. The van der Waals surface area contributed by atoms with Gasteiger partial charge in [-0.05, 0) is 30.3 Å². The zero-order valence-electron chi connectivity index (χ0n) is 12.2. The third-order valence-corrected chi connectivity index (χ3v) is 3.32. The van der Waals surface area contributed by atoms with Gasteiger partial charge in [0, 0.05) is 23.4 Å². The van der Waals surface area contributed by atoms with Gasteiger partial charge in [0.25, 0.3) is 5.69 Å². The summed E-state index contributed by atoms with van der Waals surface area (Å²) in [7, 11) is 1.56. The van der Waals surface area contributed by atoms with Crippen LogP contribution in [0.25, 0.3) is 16.9 Å². The number of aromatic nitrogens is 3. The van der Waals surface area contributed by atoms with E-state index in [2.05, 4.69) is 10.3 Å². The van der Waals surface area contributed by atoms with Crippen LogP contribution in [0.3, 0.4) is 0 Å². The maximum atomic E-state index is 10.7. The summed E-state index contributed by atoms with van der Waals surface area (Å²) in [5.41, 5.74) is 8.38. The molecule has 3 rings (SSSR count). The molecule has 8 nitrogen and oxygen atoms in total. The molecule has 0 fully saturated rings. The van der Waals surface area contributed by atoms with E-state index < -0.39 is 4.92 Å². The van der Waals surface area contributed by atoms with Crippen LogP contribution in [0.5, 0.6) is 5.75 Å². The number of nitrogens with two attached hydrogens (primary N) is 1. The highest BCUT2D eigenvalue weighted by Gasteiger charge is 2.11. The molecule has 1 heterocycles. The Morgan fingerprint density at radius 3 is 2.61 bits per heavy atom. The molecule has 0 aliphatic carbocycles. The summed E-state index contributed by atoms with van der Waals surface area (Å²) < 4.78 is 6.84. The molecule has 8 heteroatoms. The Labute approximate surface area is 131 Å². The number of methoxy groups -OCH3 is 1. The minimum Gasteiger partial charge on any atom is -0.494 e. The van der Waals surface area contributed by atoms with E-state index in [9.17, 15) is 10.1 Å². The van der Waals surface area contributed by atoms with Crippen LogP contribution in [-0.2, 0) is 0 Å². The molecule has 0 saturated heterocycles. The molecular formula is C15H13N5O3. The Morgan fingerprint density at radius 1 is 1.22 bits per heavy atom. The number of nitrogen functional groups attached to an aromatic ring is 1. The third-order valence-electron chi connectivity index (χ3n) is 3.32. The lowest BCUT2D eigenvalue weighted by molar-refractivity contribution is -0.384. The van der Waals surface area contributed by atoms with Gasteiger partial charge in [-0.3, -0.25) is 10.1 Å². The van der Waals surface area contributed by atoms with E-state index in [4.69, 9.17) is 10.5 Å². The van der Waals surface area contributed by atoms with Gasteiger partial charge >= 0.3 is 0 Å². The van der Waals surface area contributed by atoms with Gasteiger partial charge in [-0.25, -0.2) is 4.68 Å². The molecule has 0 aliphatic rings. The van der Waals surface area contributed by atoms with Gasteiger partial charge in [0.2, 0.25) is 0 Å². The number of non-ortho nitro benzene ring substituents is 1. The number of nitro benzene ring substituents is 1. The number of nitrogens with zero attached hydrogens (tertiary/aromatic N) is 4. The van der Waals surface area contributed by atoms with Crippen LogP contribution in [0.4, 0.5) is 11.4 Å². The highest BCUT2D eigenvalue weighted by Crippen LogP contribution is 2.26. The predicted molar refractivity (Wildman–Crippen MR) is 84.4 cm³/mol. The predicted octanol–water partition coefficient (Wildman–Crippen LogP) is 2.43. The molecule has 0 saturated carbocycles. The number of hydrogen-bond donors (Lipinski definition) is 1. The zero-order chi connectivity index (χ0) is 16.4. The summed E-state index contributed by atoms with van der Waals surface area (Å²) in [6.07, 6.45) is 1.71. The first-order valence-electron chi connectivity index (χ1n) is 6.69. The fourth-order valence-corrected chi connectivity index (χ4v) is 2.15. The average molecular weight is 311 g/mol. The van der Waals surface area contributed by atoms with Gasteiger partial charge in [-0.15, -0.1) is 5.10 Å². The topological polar surface area (TPSA) is 109 Å². The summed E-state index contributed by atoms with van der Waals surface area (Å²) in [4.78, 5) is 10.2. The Kier molecular flexibility index (Phi) is 3.63. The van der Waals surface area contributed by atoms with Crippen molar-refractivity contribution in [1.29, 1.82) is 0 Å². The molecule has 0 spiro atoms. The monoisotopic (exact) mass is 311 g/mol. The molecule has 0 amide bonds. The van der Waals surface area contributed by atoms with Gasteiger partial charge in [0.1, 0.15) is 17.1 Å². The van der Waals surface area contributed by atoms with E-state index in [1.165, 1.54) is 12.1 Å². The second-order valence-corrected chi connectivity index (χ2v) is 4.78. The first kappa shape index (κ1) is 14.5. The third kappa shape index (κ3) is 2.82. The molecule has 116 valence electrons. The van der Waals surface area contributed by atoms with Crippen molar-refractivity contribution in [3.8, 4) is 22.7 Å². The Hall–Kier alpha value is -3.42. The quantitative estimate of drug-likeness (QED) is 0.450. The van der Waals surface area contributed by atoms with E-state index in [1.54, 1.807) is 48.3 Å². The summed E-state index contributed by atoms with van der Waals surface area (Å²) in [5, 5.41) is 18.8. The summed E-state index contributed by atoms with van der Waals surface area (Å²) in [5.74, 6) is 0.611. The molecule has 0 bridgehead atoms. The minimum atomic E-state index is -0.446. The van der Waals surface area contributed by atoms with E-state index in [0.717, 1.165) is 5.56 Å². The van der Waals surface area contributed by atoms with Gasteiger partial charge in [-0.1, -0.05) is 5.21 Å². The molecule has 1 aromatic heterocycles. The zero-order valence-corrected chi connectivity index (χ0v) is 12.2. The molecule has 0 radical (unpaired) electrons. The number of benzene rings is 2. The highest BCUT2D eigenvalue weighted by molar-refractivity contribution is 5.61. The standard InChI is InChI=1S/C15H13N5O3/c1-23-15-7-4-11(16)8-14(15)19-9-13(17-18-19)10-2-5-12(6-3-10)20(21)22/h2-9H,16H2,1H3. The van der Waals surface area contributed by atoms with Crippen LogP contribution in [0.1, 0.15) is 0 Å². The van der Waals surface area contributed by atoms with Crippen molar-refractivity contribution in [3.05, 3.63) is 58.8 Å². The number of rotatable bonds is 4. The molecule has 2 aromatic carbocycles. The van der Waals surface area contributed by atoms with Crippen molar-refractivity contribution in [2.75, 3.05) is 12.8 Å². The van der Waals surface area contributed by atoms with E-state index in [1.807, 2.05) is 0 Å². The first-order valence-corrected chi connectivity index (χ1v) is 6.69. The van der Waals surface area contributed by atoms with Crippen LogP contribution in [-0.4, -0.2) is 27.0 Å². The van der Waals surface area contributed by atoms with Gasteiger partial charge in [0.05, 0.1) is 18.2 Å². The lowest BCUT2D eigenvalue weighted by atomic mass is 10.1. The number of ether oxygens (including phenoxy) is 1. The second-order valence-electron chi connectivity index (χ2n) is 4.78. The molecular weight excluding hydrogens is 298 g/mol. The van der Waals surface area contributed by atoms with Gasteiger partial charge in [0.15, 0.2) is 0 Å². The average Bonchev–Trinajstić information content (AvgIpc) is 3.04. The summed E-state index contributed by atoms with van der Waals surface area (Å²) >= 11 is 0. The van der Waals surface area contributed by atoms with E-state index in [0.29, 0.717) is 22.8 Å². The largest absolute Gasteiger partial charge is 0.494 e. The van der Waals surface area contributed by atoms with Crippen molar-refractivity contribution >= 4 is 11.4 Å². The SMILES string of the molecule is COc1ccc(N)cc1-n1cc(-c2ccc([N+](=O)[O-])cc2)nn1. The number of anilines is 1. The molecule has 3 aromatic rings. The normalized spacial score (nSPS) is 10.5. The number of nitro groups is 1. The fraction of sp³-hybridized carbons (Fsp3) is 0.0667. The van der Waals surface area contributed by atoms with Crippen molar-refractivity contribution < 1.29 is 9.66 Å². The maximum Gasteiger partial charge on any atom is 0.269 e. The van der Waals surface area contributed by atoms with Crippen LogP contribution in [0.2, 0.25) is 0 Å². The molecule has 23 heavy (non-hydrogen) atoms. The smallest absolute Gasteiger partial charge is 0.269 e. The molecule has 0 unspecified atom stereocenters. The van der Waals surface area contributed by atoms with Crippen molar-refractivity contribution in [2.45, 2.75) is 0 Å². The lowest BCUT2D eigenvalue weighted by Crippen LogP contribution is -2.00. The first-order chi connectivity index (χ1) is 11.1. The second kappa shape index (κ2) is 5.76. The van der Waals surface area contributed by atoms with Crippen molar-refractivity contribution in [2.24, 2.45) is 0 Å². The van der Waals surface area contributed by atoms with Gasteiger partial charge in [-0.2, -0.15) is 0 Å². The van der Waals surface area contributed by atoms with E-state index >= 15 is 0 Å². The number of hydrogen-bond acceptors (Lipinski definition) is 6. The minimum absolute atomic E-state index is 0.0265. The maximum absolute atomic E-state index is 10.7. The van der Waals surface area contributed by atoms with Crippen molar-refractivity contribution in [1.82, 2.24) is 15.0 Å². The van der Waals surface area contributed by atoms with Crippen LogP contribution in [0, 0.1) is 10.1 Å². The molecule has 0 aliphatic heterocycles. The van der Waals surface area contributed by atoms with Crippen LogP contribution < -0.4 is 10.5 Å². The Bertz CT molecular complexity index is 858. The fourth-order valence-electron chi connectivity index (χ4n) is 2.15. The summed E-state index contributed by atoms with van der Waals surface area (Å²) in [6, 6.07) is 11.3. The van der Waals surface area contributed by atoms with E-state index in [-0.39, 0.29) is 5.69 Å². The van der Waals surface area contributed by atoms with Crippen LogP contribution in [0.15, 0.2) is 48.7 Å². The van der Waals surface area contributed by atoms with Crippen LogP contribution >= 0.6 is 0 Å². The summed E-state index contributed by atoms with van der Waals surface area (Å²) in [6.45, 7) is 0. The van der Waals surface area contributed by atoms with Crippen molar-refractivity contribution in [3.63, 3.8) is 0 Å². The Balaban J connectivity index is 1.97.